The van der Waals surface area contributed by atoms with E-state index >= 15 is 0 Å². The maximum atomic E-state index is 5.69. The van der Waals surface area contributed by atoms with Crippen LogP contribution in [0.15, 0.2) is 0 Å². The fourth-order valence-electron chi connectivity index (χ4n) is 4.51. The standard InChI is InChI=1S/C17H32N2O/c1-4-20-16-8-15(9-16)18-17-13-6-5-7-14(17)11-19(10-13)12(2)3/h12-18H,4-11H2,1-3H3. The average molecular weight is 280 g/mol. The lowest BCUT2D eigenvalue weighted by atomic mass is 9.72. The lowest BCUT2D eigenvalue weighted by molar-refractivity contribution is -0.0309. The van der Waals surface area contributed by atoms with Crippen LogP contribution in [-0.2, 0) is 4.74 Å². The molecule has 1 saturated heterocycles. The number of nitrogens with one attached hydrogen (secondary N) is 1. The Bertz CT molecular complexity index is 300. The van der Waals surface area contributed by atoms with Crippen LogP contribution in [-0.4, -0.2) is 48.8 Å². The van der Waals surface area contributed by atoms with Gasteiger partial charge >= 0.3 is 0 Å². The van der Waals surface area contributed by atoms with Gasteiger partial charge in [-0.3, -0.25) is 0 Å². The fourth-order valence-corrected chi connectivity index (χ4v) is 4.51. The van der Waals surface area contributed by atoms with Crippen LogP contribution in [0.2, 0.25) is 0 Å². The summed E-state index contributed by atoms with van der Waals surface area (Å²) in [5.74, 6) is 1.77. The van der Waals surface area contributed by atoms with E-state index in [1.807, 2.05) is 0 Å². The van der Waals surface area contributed by atoms with E-state index in [4.69, 9.17) is 4.74 Å². The van der Waals surface area contributed by atoms with Gasteiger partial charge in [-0.05, 0) is 58.3 Å². The maximum Gasteiger partial charge on any atom is 0.0604 e. The Morgan fingerprint density at radius 2 is 1.80 bits per heavy atom. The molecule has 1 aliphatic heterocycles. The third-order valence-corrected chi connectivity index (χ3v) is 5.76. The van der Waals surface area contributed by atoms with Gasteiger partial charge < -0.3 is 15.0 Å². The van der Waals surface area contributed by atoms with Crippen LogP contribution in [0.25, 0.3) is 0 Å². The second-order valence-corrected chi connectivity index (χ2v) is 7.44. The van der Waals surface area contributed by atoms with Crippen molar-refractivity contribution in [3.05, 3.63) is 0 Å². The molecule has 0 aromatic heterocycles. The molecule has 2 saturated carbocycles. The molecule has 2 atom stereocenters. The van der Waals surface area contributed by atoms with Crippen LogP contribution in [0, 0.1) is 11.8 Å². The molecule has 0 spiro atoms. The minimum atomic E-state index is 0.535. The molecule has 3 fully saturated rings. The molecule has 2 aliphatic carbocycles. The number of hydrogen-bond donors (Lipinski definition) is 1. The van der Waals surface area contributed by atoms with Crippen molar-refractivity contribution >= 4 is 0 Å². The highest BCUT2D eigenvalue weighted by Gasteiger charge is 2.42. The normalized spacial score (nSPS) is 41.7. The number of fused-ring (bicyclic) bond motifs is 2. The van der Waals surface area contributed by atoms with Crippen molar-refractivity contribution in [3.63, 3.8) is 0 Å². The first-order chi connectivity index (χ1) is 9.67. The third kappa shape index (κ3) is 3.05. The molecule has 0 aromatic carbocycles. The van der Waals surface area contributed by atoms with Gasteiger partial charge in [-0.15, -0.1) is 0 Å². The highest BCUT2D eigenvalue weighted by molar-refractivity contribution is 4.99. The SMILES string of the molecule is CCOC1CC(NC2C3CCCC2CN(C(C)C)C3)C1. The lowest BCUT2D eigenvalue weighted by Crippen LogP contribution is -2.62. The summed E-state index contributed by atoms with van der Waals surface area (Å²) in [5.41, 5.74) is 0. The minimum Gasteiger partial charge on any atom is -0.378 e. The van der Waals surface area contributed by atoms with Crippen molar-refractivity contribution in [2.75, 3.05) is 19.7 Å². The number of piperidine rings is 1. The maximum absolute atomic E-state index is 5.69. The molecule has 2 unspecified atom stereocenters. The summed E-state index contributed by atoms with van der Waals surface area (Å²) < 4.78 is 5.69. The Morgan fingerprint density at radius 1 is 1.15 bits per heavy atom. The van der Waals surface area contributed by atoms with E-state index in [2.05, 4.69) is 31.0 Å². The van der Waals surface area contributed by atoms with Crippen molar-refractivity contribution in [1.29, 1.82) is 0 Å². The molecule has 3 rings (SSSR count). The van der Waals surface area contributed by atoms with Crippen molar-refractivity contribution in [2.24, 2.45) is 11.8 Å². The summed E-state index contributed by atoms with van der Waals surface area (Å²) in [4.78, 5) is 2.70. The first-order valence-corrected chi connectivity index (χ1v) is 8.79. The first-order valence-electron chi connectivity index (χ1n) is 8.79. The molecule has 3 aliphatic rings. The predicted octanol–water partition coefficient (Wildman–Crippen LogP) is 2.65. The molecule has 0 amide bonds. The van der Waals surface area contributed by atoms with E-state index < -0.39 is 0 Å². The number of nitrogens with zero attached hydrogens (tertiary/aromatic N) is 1. The Morgan fingerprint density at radius 3 is 2.35 bits per heavy atom. The molecule has 0 radical (unpaired) electrons. The highest BCUT2D eigenvalue weighted by Crippen LogP contribution is 2.37. The van der Waals surface area contributed by atoms with E-state index in [0.717, 1.165) is 30.5 Å². The predicted molar refractivity (Wildman–Crippen MR) is 82.9 cm³/mol. The summed E-state index contributed by atoms with van der Waals surface area (Å²) in [7, 11) is 0. The zero-order valence-electron chi connectivity index (χ0n) is 13.5. The lowest BCUT2D eigenvalue weighted by Gasteiger charge is -2.51. The zero-order chi connectivity index (χ0) is 14.1. The van der Waals surface area contributed by atoms with Crippen LogP contribution in [0.4, 0.5) is 0 Å². The van der Waals surface area contributed by atoms with Gasteiger partial charge in [0.2, 0.25) is 0 Å². The number of rotatable bonds is 5. The van der Waals surface area contributed by atoms with E-state index in [-0.39, 0.29) is 0 Å². The zero-order valence-corrected chi connectivity index (χ0v) is 13.5. The quantitative estimate of drug-likeness (QED) is 0.838. The number of ether oxygens (including phenoxy) is 1. The second kappa shape index (κ2) is 6.33. The fraction of sp³-hybridized carbons (Fsp3) is 1.00. The number of hydrogen-bond acceptors (Lipinski definition) is 3. The van der Waals surface area contributed by atoms with Crippen LogP contribution < -0.4 is 5.32 Å². The molecular formula is C17H32N2O. The Hall–Kier alpha value is -0.120. The van der Waals surface area contributed by atoms with Crippen LogP contribution in [0.5, 0.6) is 0 Å². The summed E-state index contributed by atoms with van der Waals surface area (Å²) in [6, 6.07) is 2.22. The second-order valence-electron chi connectivity index (χ2n) is 7.44. The topological polar surface area (TPSA) is 24.5 Å². The summed E-state index contributed by atoms with van der Waals surface area (Å²) in [6.07, 6.45) is 7.31. The van der Waals surface area contributed by atoms with Gasteiger partial charge in [0.25, 0.3) is 0 Å². The van der Waals surface area contributed by atoms with Crippen LogP contribution >= 0.6 is 0 Å². The molecule has 20 heavy (non-hydrogen) atoms. The largest absolute Gasteiger partial charge is 0.378 e. The van der Waals surface area contributed by atoms with Gasteiger partial charge in [0.1, 0.15) is 0 Å². The molecule has 1 N–H and O–H groups in total. The van der Waals surface area contributed by atoms with Crippen molar-refractivity contribution in [3.8, 4) is 0 Å². The molecular weight excluding hydrogens is 248 g/mol. The van der Waals surface area contributed by atoms with Gasteiger partial charge in [0.05, 0.1) is 6.10 Å². The van der Waals surface area contributed by atoms with Gasteiger partial charge in [0, 0.05) is 37.8 Å². The van der Waals surface area contributed by atoms with Crippen molar-refractivity contribution < 1.29 is 4.74 Å². The molecule has 3 heteroatoms. The number of likely N-dealkylation sites (tertiary alicyclic amines) is 1. The Labute approximate surface area is 124 Å². The molecule has 3 nitrogen and oxygen atoms in total. The Balaban J connectivity index is 1.52. The van der Waals surface area contributed by atoms with Crippen LogP contribution in [0.1, 0.15) is 52.9 Å². The van der Waals surface area contributed by atoms with Crippen molar-refractivity contribution in [2.45, 2.75) is 77.1 Å². The summed E-state index contributed by atoms with van der Waals surface area (Å²) in [6.45, 7) is 10.3. The van der Waals surface area contributed by atoms with E-state index in [1.165, 1.54) is 45.2 Å². The molecule has 1 heterocycles. The Kier molecular flexibility index (Phi) is 4.68. The average Bonchev–Trinajstić information content (AvgIpc) is 2.35. The van der Waals surface area contributed by atoms with E-state index in [1.54, 1.807) is 0 Å². The monoisotopic (exact) mass is 280 g/mol. The third-order valence-electron chi connectivity index (χ3n) is 5.76. The van der Waals surface area contributed by atoms with E-state index in [9.17, 15) is 0 Å². The molecule has 116 valence electrons. The van der Waals surface area contributed by atoms with Crippen molar-refractivity contribution in [1.82, 2.24) is 10.2 Å². The smallest absolute Gasteiger partial charge is 0.0604 e. The first kappa shape index (κ1) is 14.8. The summed E-state index contributed by atoms with van der Waals surface area (Å²) in [5, 5.41) is 4.00. The van der Waals surface area contributed by atoms with Gasteiger partial charge in [-0.25, -0.2) is 0 Å². The van der Waals surface area contributed by atoms with Gasteiger partial charge in [-0.2, -0.15) is 0 Å². The van der Waals surface area contributed by atoms with Gasteiger partial charge in [-0.1, -0.05) is 6.42 Å². The molecule has 2 bridgehead atoms. The van der Waals surface area contributed by atoms with Gasteiger partial charge in [0.15, 0.2) is 0 Å². The minimum absolute atomic E-state index is 0.535. The summed E-state index contributed by atoms with van der Waals surface area (Å²) >= 11 is 0. The molecule has 0 aromatic rings. The van der Waals surface area contributed by atoms with Crippen LogP contribution in [0.3, 0.4) is 0 Å². The highest BCUT2D eigenvalue weighted by atomic mass is 16.5. The van der Waals surface area contributed by atoms with E-state index in [0.29, 0.717) is 12.1 Å².